The zero-order chi connectivity index (χ0) is 16.1. The third kappa shape index (κ3) is 4.42. The highest BCUT2D eigenvalue weighted by molar-refractivity contribution is 8.02. The van der Waals surface area contributed by atoms with Crippen molar-refractivity contribution in [3.8, 4) is 0 Å². The molecule has 1 fully saturated rings. The first-order valence-corrected chi connectivity index (χ1v) is 9.39. The van der Waals surface area contributed by atoms with Gasteiger partial charge in [0.15, 0.2) is 4.34 Å². The Kier molecular flexibility index (Phi) is 5.45. The first kappa shape index (κ1) is 16.2. The summed E-state index contributed by atoms with van der Waals surface area (Å²) in [5.74, 6) is 1.02. The molecule has 0 unspecified atom stereocenters. The van der Waals surface area contributed by atoms with Gasteiger partial charge in [-0.05, 0) is 31.4 Å². The zero-order valence-electron chi connectivity index (χ0n) is 12.9. The maximum Gasteiger partial charge on any atom is 0.233 e. The van der Waals surface area contributed by atoms with Crippen molar-refractivity contribution in [2.45, 2.75) is 35.9 Å². The van der Waals surface area contributed by atoms with Crippen LogP contribution in [0, 0.1) is 0 Å². The van der Waals surface area contributed by atoms with Crippen molar-refractivity contribution in [3.63, 3.8) is 0 Å². The van der Waals surface area contributed by atoms with Crippen molar-refractivity contribution in [1.29, 1.82) is 0 Å². The second-order valence-electron chi connectivity index (χ2n) is 5.40. The van der Waals surface area contributed by atoms with Gasteiger partial charge in [-0.25, -0.2) is 4.98 Å². The number of carbonyl (C=O) groups excluding carboxylic acids is 1. The van der Waals surface area contributed by atoms with E-state index in [1.165, 1.54) is 35.9 Å². The molecule has 23 heavy (non-hydrogen) atoms. The molecule has 0 bridgehead atoms. The SMILES string of the molecule is C[C@@H](Sc1nncs1)C(=O)NCc1ccc(N2CCCC2)nc1. The summed E-state index contributed by atoms with van der Waals surface area (Å²) in [6.45, 7) is 4.54. The minimum Gasteiger partial charge on any atom is -0.357 e. The van der Waals surface area contributed by atoms with Gasteiger partial charge in [-0.3, -0.25) is 4.79 Å². The molecule has 1 N–H and O–H groups in total. The van der Waals surface area contributed by atoms with Crippen molar-refractivity contribution in [1.82, 2.24) is 20.5 Å². The highest BCUT2D eigenvalue weighted by Crippen LogP contribution is 2.24. The Labute approximate surface area is 143 Å². The molecule has 0 spiro atoms. The number of carbonyl (C=O) groups is 1. The van der Waals surface area contributed by atoms with Gasteiger partial charge >= 0.3 is 0 Å². The topological polar surface area (TPSA) is 71.0 Å². The quantitative estimate of drug-likeness (QED) is 0.807. The Balaban J connectivity index is 1.48. The van der Waals surface area contributed by atoms with Gasteiger partial charge in [-0.1, -0.05) is 29.2 Å². The third-order valence-corrected chi connectivity index (χ3v) is 5.60. The highest BCUT2D eigenvalue weighted by atomic mass is 32.2. The number of rotatable bonds is 6. The second-order valence-corrected chi connectivity index (χ2v) is 7.82. The lowest BCUT2D eigenvalue weighted by atomic mass is 10.2. The lowest BCUT2D eigenvalue weighted by Gasteiger charge is -2.16. The molecular weight excluding hydrogens is 330 g/mol. The molecule has 6 nitrogen and oxygen atoms in total. The number of nitrogens with zero attached hydrogens (tertiary/aromatic N) is 4. The van der Waals surface area contributed by atoms with E-state index >= 15 is 0 Å². The van der Waals surface area contributed by atoms with Crippen LogP contribution in [0.15, 0.2) is 28.2 Å². The lowest BCUT2D eigenvalue weighted by Crippen LogP contribution is -2.30. The Morgan fingerprint density at radius 2 is 2.26 bits per heavy atom. The Morgan fingerprint density at radius 3 is 2.91 bits per heavy atom. The fourth-order valence-corrected chi connectivity index (χ4v) is 4.06. The molecule has 1 aliphatic heterocycles. The highest BCUT2D eigenvalue weighted by Gasteiger charge is 2.16. The Bertz CT molecular complexity index is 626. The molecular formula is C15H19N5OS2. The number of thioether (sulfide) groups is 1. The van der Waals surface area contributed by atoms with E-state index in [0.29, 0.717) is 6.54 Å². The number of aromatic nitrogens is 3. The van der Waals surface area contributed by atoms with Crippen molar-refractivity contribution in [3.05, 3.63) is 29.4 Å². The second kappa shape index (κ2) is 7.74. The Morgan fingerprint density at radius 1 is 1.43 bits per heavy atom. The lowest BCUT2D eigenvalue weighted by molar-refractivity contribution is -0.120. The van der Waals surface area contributed by atoms with Crippen LogP contribution in [-0.4, -0.2) is 39.4 Å². The molecule has 1 aliphatic rings. The number of nitrogens with one attached hydrogen (secondary N) is 1. The van der Waals surface area contributed by atoms with Gasteiger partial charge in [-0.15, -0.1) is 10.2 Å². The van der Waals surface area contributed by atoms with Gasteiger partial charge in [0, 0.05) is 25.8 Å². The maximum absolute atomic E-state index is 12.1. The predicted octanol–water partition coefficient (Wildman–Crippen LogP) is 2.33. The average molecular weight is 349 g/mol. The smallest absolute Gasteiger partial charge is 0.233 e. The summed E-state index contributed by atoms with van der Waals surface area (Å²) in [6, 6.07) is 4.07. The minimum atomic E-state index is -0.195. The molecule has 122 valence electrons. The van der Waals surface area contributed by atoms with Crippen LogP contribution in [0.5, 0.6) is 0 Å². The van der Waals surface area contributed by atoms with E-state index in [2.05, 4.69) is 25.4 Å². The monoisotopic (exact) mass is 349 g/mol. The maximum atomic E-state index is 12.1. The summed E-state index contributed by atoms with van der Waals surface area (Å²) >= 11 is 2.87. The first-order valence-electron chi connectivity index (χ1n) is 7.63. The van der Waals surface area contributed by atoms with E-state index in [-0.39, 0.29) is 11.2 Å². The zero-order valence-corrected chi connectivity index (χ0v) is 14.6. The van der Waals surface area contributed by atoms with E-state index in [0.717, 1.165) is 28.8 Å². The van der Waals surface area contributed by atoms with Crippen molar-refractivity contribution in [2.24, 2.45) is 0 Å². The van der Waals surface area contributed by atoms with Gasteiger partial charge < -0.3 is 10.2 Å². The minimum absolute atomic E-state index is 0.00572. The molecule has 8 heteroatoms. The largest absolute Gasteiger partial charge is 0.357 e. The summed E-state index contributed by atoms with van der Waals surface area (Å²) < 4.78 is 0.810. The van der Waals surface area contributed by atoms with Crippen LogP contribution in [0.2, 0.25) is 0 Å². The van der Waals surface area contributed by atoms with Crippen LogP contribution >= 0.6 is 23.1 Å². The molecule has 3 heterocycles. The molecule has 0 saturated carbocycles. The van der Waals surface area contributed by atoms with Crippen LogP contribution in [0.1, 0.15) is 25.3 Å². The van der Waals surface area contributed by atoms with Gasteiger partial charge in [-0.2, -0.15) is 0 Å². The fourth-order valence-electron chi connectivity index (χ4n) is 2.41. The van der Waals surface area contributed by atoms with E-state index in [1.807, 2.05) is 25.3 Å². The molecule has 3 rings (SSSR count). The molecule has 1 amide bonds. The number of hydrogen-bond donors (Lipinski definition) is 1. The average Bonchev–Trinajstić information content (AvgIpc) is 3.26. The van der Waals surface area contributed by atoms with E-state index < -0.39 is 0 Å². The summed E-state index contributed by atoms with van der Waals surface area (Å²) in [4.78, 5) is 18.9. The predicted molar refractivity (Wildman–Crippen MR) is 92.8 cm³/mol. The summed E-state index contributed by atoms with van der Waals surface area (Å²) in [7, 11) is 0. The fraction of sp³-hybridized carbons (Fsp3) is 0.467. The summed E-state index contributed by atoms with van der Waals surface area (Å²) in [6.07, 6.45) is 4.32. The van der Waals surface area contributed by atoms with Gasteiger partial charge in [0.2, 0.25) is 5.91 Å². The molecule has 2 aromatic heterocycles. The summed E-state index contributed by atoms with van der Waals surface area (Å²) in [5.41, 5.74) is 2.68. The van der Waals surface area contributed by atoms with Crippen LogP contribution in [0.3, 0.4) is 0 Å². The van der Waals surface area contributed by atoms with Gasteiger partial charge in [0.05, 0.1) is 5.25 Å². The standard InChI is InChI=1S/C15H19N5OS2/c1-11(23-15-19-18-10-22-15)14(21)17-9-12-4-5-13(16-8-12)20-6-2-3-7-20/h4-5,8,10-11H,2-3,6-7,9H2,1H3,(H,17,21)/t11-/m1/s1. The Hall–Kier alpha value is -1.67. The van der Waals surface area contributed by atoms with E-state index in [9.17, 15) is 4.79 Å². The summed E-state index contributed by atoms with van der Waals surface area (Å²) in [5, 5.41) is 10.5. The van der Waals surface area contributed by atoms with Crippen LogP contribution in [0.25, 0.3) is 0 Å². The number of anilines is 1. The van der Waals surface area contributed by atoms with E-state index in [4.69, 9.17) is 0 Å². The van der Waals surface area contributed by atoms with Crippen LogP contribution in [-0.2, 0) is 11.3 Å². The van der Waals surface area contributed by atoms with Crippen molar-refractivity contribution < 1.29 is 4.79 Å². The number of hydrogen-bond acceptors (Lipinski definition) is 7. The number of amides is 1. The van der Waals surface area contributed by atoms with Crippen LogP contribution in [0.4, 0.5) is 5.82 Å². The van der Waals surface area contributed by atoms with Crippen LogP contribution < -0.4 is 10.2 Å². The normalized spacial score (nSPS) is 15.6. The van der Waals surface area contributed by atoms with Gasteiger partial charge in [0.1, 0.15) is 11.3 Å². The molecule has 0 radical (unpaired) electrons. The van der Waals surface area contributed by atoms with E-state index in [1.54, 1.807) is 5.51 Å². The molecule has 1 saturated heterocycles. The van der Waals surface area contributed by atoms with Gasteiger partial charge in [0.25, 0.3) is 0 Å². The first-order chi connectivity index (χ1) is 11.2. The molecule has 1 atom stereocenters. The van der Waals surface area contributed by atoms with Crippen molar-refractivity contribution >= 4 is 34.8 Å². The molecule has 0 aromatic carbocycles. The number of pyridine rings is 1. The molecule has 2 aromatic rings. The van der Waals surface area contributed by atoms with Crippen molar-refractivity contribution in [2.75, 3.05) is 18.0 Å². The molecule has 0 aliphatic carbocycles. The third-order valence-electron chi connectivity index (χ3n) is 3.69.